The van der Waals surface area contributed by atoms with Crippen molar-refractivity contribution in [1.82, 2.24) is 5.43 Å². The summed E-state index contributed by atoms with van der Waals surface area (Å²) in [6, 6.07) is 7.16. The van der Waals surface area contributed by atoms with E-state index in [1.165, 1.54) is 13.2 Å². The van der Waals surface area contributed by atoms with Crippen LogP contribution in [0.3, 0.4) is 0 Å². The molecular formula is C15H11ClIN3O5. The van der Waals surface area contributed by atoms with E-state index in [0.717, 1.165) is 15.9 Å². The zero-order chi connectivity index (χ0) is 18.6. The number of carbonyl (C=O) groups is 1. The molecule has 0 atom stereocenters. The lowest BCUT2D eigenvalue weighted by molar-refractivity contribution is -0.385. The number of phenolic OH excluding ortho intramolecular Hbond substituents is 1. The van der Waals surface area contributed by atoms with Crippen LogP contribution in [-0.2, 0) is 0 Å². The maximum absolute atomic E-state index is 12.1. The number of halogens is 2. The standard InChI is InChI=1S/C15H11ClIN3O5/c1-25-13-5-8(2-3-11(13)17)15(22)19-18-7-9-4-10(16)6-12(14(9)21)20(23)24/h2-7,21H,1H3,(H,19,22). The second-order valence-corrected chi connectivity index (χ2v) is 6.27. The molecule has 0 saturated carbocycles. The Hall–Kier alpha value is -2.40. The molecule has 0 fully saturated rings. The van der Waals surface area contributed by atoms with Gasteiger partial charge in [-0.1, -0.05) is 11.6 Å². The number of carbonyl (C=O) groups excluding carboxylic acids is 1. The summed E-state index contributed by atoms with van der Waals surface area (Å²) in [7, 11) is 1.49. The van der Waals surface area contributed by atoms with Crippen molar-refractivity contribution in [2.75, 3.05) is 7.11 Å². The number of phenols is 1. The van der Waals surface area contributed by atoms with E-state index in [-0.39, 0.29) is 10.6 Å². The molecule has 10 heteroatoms. The smallest absolute Gasteiger partial charge is 0.312 e. The lowest BCUT2D eigenvalue weighted by Crippen LogP contribution is -2.17. The van der Waals surface area contributed by atoms with Crippen LogP contribution >= 0.6 is 34.2 Å². The summed E-state index contributed by atoms with van der Waals surface area (Å²) < 4.78 is 5.98. The number of hydrogen-bond acceptors (Lipinski definition) is 6. The van der Waals surface area contributed by atoms with E-state index in [2.05, 4.69) is 33.1 Å². The highest BCUT2D eigenvalue weighted by Crippen LogP contribution is 2.32. The number of nitro benzene ring substituents is 1. The number of nitrogens with one attached hydrogen (secondary N) is 1. The van der Waals surface area contributed by atoms with Crippen molar-refractivity contribution in [3.8, 4) is 11.5 Å². The first kappa shape index (κ1) is 18.9. The van der Waals surface area contributed by atoms with Crippen LogP contribution in [0.1, 0.15) is 15.9 Å². The summed E-state index contributed by atoms with van der Waals surface area (Å²) in [6.07, 6.45) is 1.07. The lowest BCUT2D eigenvalue weighted by Gasteiger charge is -2.06. The number of methoxy groups -OCH3 is 1. The third kappa shape index (κ3) is 4.57. The van der Waals surface area contributed by atoms with Gasteiger partial charge in [0.05, 0.1) is 21.8 Å². The van der Waals surface area contributed by atoms with Gasteiger partial charge in [0.1, 0.15) is 5.75 Å². The molecule has 0 unspecified atom stereocenters. The van der Waals surface area contributed by atoms with E-state index in [1.54, 1.807) is 18.2 Å². The number of rotatable bonds is 5. The number of benzene rings is 2. The number of amides is 1. The average Bonchev–Trinajstić information content (AvgIpc) is 2.57. The lowest BCUT2D eigenvalue weighted by atomic mass is 10.2. The van der Waals surface area contributed by atoms with Gasteiger partial charge in [0.2, 0.25) is 5.75 Å². The summed E-state index contributed by atoms with van der Waals surface area (Å²) in [5.74, 6) is -0.564. The molecule has 0 saturated heterocycles. The normalized spacial score (nSPS) is 10.7. The van der Waals surface area contributed by atoms with Gasteiger partial charge in [-0.15, -0.1) is 0 Å². The van der Waals surface area contributed by atoms with E-state index in [0.29, 0.717) is 11.3 Å². The number of ether oxygens (including phenoxy) is 1. The Morgan fingerprint density at radius 1 is 1.44 bits per heavy atom. The molecule has 25 heavy (non-hydrogen) atoms. The molecule has 8 nitrogen and oxygen atoms in total. The molecule has 0 bridgehead atoms. The van der Waals surface area contributed by atoms with Crippen LogP contribution in [0.4, 0.5) is 5.69 Å². The minimum Gasteiger partial charge on any atom is -0.502 e. The van der Waals surface area contributed by atoms with Gasteiger partial charge in [-0.05, 0) is 46.9 Å². The van der Waals surface area contributed by atoms with E-state index < -0.39 is 22.3 Å². The number of hydrogen-bond donors (Lipinski definition) is 2. The quantitative estimate of drug-likeness (QED) is 0.298. The van der Waals surface area contributed by atoms with Crippen molar-refractivity contribution in [2.45, 2.75) is 0 Å². The average molecular weight is 476 g/mol. The molecule has 0 aliphatic carbocycles. The summed E-state index contributed by atoms with van der Waals surface area (Å²) in [5.41, 5.74) is 2.02. The molecule has 2 aromatic rings. The summed E-state index contributed by atoms with van der Waals surface area (Å²) in [4.78, 5) is 22.1. The molecule has 130 valence electrons. The van der Waals surface area contributed by atoms with Gasteiger partial charge in [-0.3, -0.25) is 14.9 Å². The fourth-order valence-corrected chi connectivity index (χ4v) is 2.65. The van der Waals surface area contributed by atoms with Crippen LogP contribution in [0, 0.1) is 13.7 Å². The first-order chi connectivity index (χ1) is 11.8. The fraction of sp³-hybridized carbons (Fsp3) is 0.0667. The van der Waals surface area contributed by atoms with Crippen molar-refractivity contribution < 1.29 is 19.6 Å². The van der Waals surface area contributed by atoms with Gasteiger partial charge in [-0.2, -0.15) is 5.10 Å². The predicted octanol–water partition coefficient (Wildman–Crippen LogP) is 3.33. The van der Waals surface area contributed by atoms with Crippen LogP contribution in [0.25, 0.3) is 0 Å². The van der Waals surface area contributed by atoms with E-state index in [9.17, 15) is 20.0 Å². The largest absolute Gasteiger partial charge is 0.502 e. The Morgan fingerprint density at radius 2 is 2.16 bits per heavy atom. The van der Waals surface area contributed by atoms with Gasteiger partial charge in [0.25, 0.3) is 5.91 Å². The highest BCUT2D eigenvalue weighted by molar-refractivity contribution is 14.1. The maximum atomic E-state index is 12.1. The Bertz CT molecular complexity index is 872. The first-order valence-electron chi connectivity index (χ1n) is 6.67. The Balaban J connectivity index is 2.18. The first-order valence-corrected chi connectivity index (χ1v) is 8.13. The minimum atomic E-state index is -0.769. The molecular weight excluding hydrogens is 465 g/mol. The van der Waals surface area contributed by atoms with Crippen LogP contribution in [-0.4, -0.2) is 29.3 Å². The highest BCUT2D eigenvalue weighted by atomic mass is 127. The summed E-state index contributed by atoms with van der Waals surface area (Å²) >= 11 is 7.84. The van der Waals surface area contributed by atoms with E-state index in [1.807, 2.05) is 0 Å². The van der Waals surface area contributed by atoms with Gasteiger partial charge >= 0.3 is 5.69 Å². The number of aromatic hydroxyl groups is 1. The zero-order valence-corrected chi connectivity index (χ0v) is 15.6. The van der Waals surface area contributed by atoms with Crippen LogP contribution in [0.2, 0.25) is 5.02 Å². The SMILES string of the molecule is COc1cc(C(=O)NN=Cc2cc(Cl)cc([N+](=O)[O-])c2O)ccc1I. The number of hydrazone groups is 1. The highest BCUT2D eigenvalue weighted by Gasteiger charge is 2.17. The Morgan fingerprint density at radius 3 is 2.80 bits per heavy atom. The van der Waals surface area contributed by atoms with Gasteiger partial charge < -0.3 is 9.84 Å². The summed E-state index contributed by atoms with van der Waals surface area (Å²) in [6.45, 7) is 0. The third-order valence-corrected chi connectivity index (χ3v) is 4.17. The van der Waals surface area contributed by atoms with Crippen molar-refractivity contribution in [2.24, 2.45) is 5.10 Å². The van der Waals surface area contributed by atoms with Gasteiger partial charge in [0.15, 0.2) is 0 Å². The summed E-state index contributed by atoms with van der Waals surface area (Å²) in [5, 5.41) is 24.4. The second kappa shape index (κ2) is 8.12. The Labute approximate surface area is 160 Å². The van der Waals surface area contributed by atoms with Crippen LogP contribution in [0.5, 0.6) is 11.5 Å². The van der Waals surface area contributed by atoms with E-state index in [4.69, 9.17) is 16.3 Å². The zero-order valence-electron chi connectivity index (χ0n) is 12.7. The molecule has 0 spiro atoms. The van der Waals surface area contributed by atoms with Crippen molar-refractivity contribution in [3.05, 3.63) is 60.2 Å². The topological polar surface area (TPSA) is 114 Å². The van der Waals surface area contributed by atoms with E-state index >= 15 is 0 Å². The molecule has 0 aliphatic rings. The molecule has 0 heterocycles. The monoisotopic (exact) mass is 475 g/mol. The number of nitro groups is 1. The fourth-order valence-electron chi connectivity index (χ4n) is 1.87. The molecule has 2 N–H and O–H groups in total. The van der Waals surface area contributed by atoms with Crippen molar-refractivity contribution in [1.29, 1.82) is 0 Å². The molecule has 0 aromatic heterocycles. The molecule has 1 amide bonds. The third-order valence-electron chi connectivity index (χ3n) is 3.06. The minimum absolute atomic E-state index is 0.000286. The van der Waals surface area contributed by atoms with Crippen molar-refractivity contribution >= 4 is 52.0 Å². The number of nitrogens with zero attached hydrogens (tertiary/aromatic N) is 2. The van der Waals surface area contributed by atoms with Gasteiger partial charge in [0, 0.05) is 22.2 Å². The molecule has 2 rings (SSSR count). The Kier molecular flexibility index (Phi) is 6.15. The van der Waals surface area contributed by atoms with Crippen LogP contribution < -0.4 is 10.2 Å². The maximum Gasteiger partial charge on any atom is 0.312 e. The molecule has 2 aromatic carbocycles. The molecule has 0 aliphatic heterocycles. The second-order valence-electron chi connectivity index (χ2n) is 4.67. The van der Waals surface area contributed by atoms with Crippen LogP contribution in [0.15, 0.2) is 35.4 Å². The van der Waals surface area contributed by atoms with Gasteiger partial charge in [-0.25, -0.2) is 5.43 Å². The predicted molar refractivity (Wildman–Crippen MR) is 101 cm³/mol. The van der Waals surface area contributed by atoms with Crippen molar-refractivity contribution in [3.63, 3.8) is 0 Å². The molecule has 0 radical (unpaired) electrons.